The maximum atomic E-state index is 10.6. The molecule has 1 aromatic rings. The summed E-state index contributed by atoms with van der Waals surface area (Å²) in [6.45, 7) is 8.29. The highest BCUT2D eigenvalue weighted by Crippen LogP contribution is 2.47. The van der Waals surface area contributed by atoms with Crippen LogP contribution in [0.15, 0.2) is 48.1 Å². The molecule has 2 aliphatic carbocycles. The first-order valence-electron chi connectivity index (χ1n) is 12.3. The average molecular weight is 442 g/mol. The summed E-state index contributed by atoms with van der Waals surface area (Å²) in [4.78, 5) is 2.40. The molecule has 0 radical (unpaired) electrons. The van der Waals surface area contributed by atoms with Gasteiger partial charge in [0.05, 0.1) is 38.6 Å². The van der Waals surface area contributed by atoms with Gasteiger partial charge in [-0.15, -0.1) is 0 Å². The van der Waals surface area contributed by atoms with E-state index in [9.17, 15) is 10.2 Å². The number of aryl methyl sites for hydroxylation is 1. The van der Waals surface area contributed by atoms with Crippen molar-refractivity contribution in [2.24, 2.45) is 17.8 Å². The molecule has 3 aliphatic rings. The van der Waals surface area contributed by atoms with E-state index in [-0.39, 0.29) is 12.0 Å². The molecule has 32 heavy (non-hydrogen) atoms. The van der Waals surface area contributed by atoms with E-state index in [4.69, 9.17) is 9.47 Å². The van der Waals surface area contributed by atoms with Gasteiger partial charge in [-0.1, -0.05) is 53.6 Å². The molecule has 5 nitrogen and oxygen atoms in total. The first kappa shape index (κ1) is 23.7. The highest BCUT2D eigenvalue weighted by atomic mass is 16.5. The molecule has 0 amide bonds. The van der Waals surface area contributed by atoms with Crippen molar-refractivity contribution in [2.45, 2.75) is 44.8 Å². The molecule has 1 aromatic carbocycles. The van der Waals surface area contributed by atoms with E-state index < -0.39 is 6.10 Å². The summed E-state index contributed by atoms with van der Waals surface area (Å²) < 4.78 is 11.3. The van der Waals surface area contributed by atoms with Crippen LogP contribution in [0.2, 0.25) is 0 Å². The third-order valence-corrected chi connectivity index (χ3v) is 7.26. The summed E-state index contributed by atoms with van der Waals surface area (Å²) in [6.07, 6.45) is 8.99. The van der Waals surface area contributed by atoms with Gasteiger partial charge in [-0.25, -0.2) is 0 Å². The zero-order valence-electron chi connectivity index (χ0n) is 19.4. The van der Waals surface area contributed by atoms with Gasteiger partial charge >= 0.3 is 0 Å². The SMILES string of the molecule is Cc1cccc(C[C@@H](O)C=C[C@@H]2[C@H]3CC(CCOCCN4CCOCC4)=C[C@H]3C[C@H]2O)c1. The monoisotopic (exact) mass is 441 g/mol. The topological polar surface area (TPSA) is 62.2 Å². The number of hydrogen-bond donors (Lipinski definition) is 2. The van der Waals surface area contributed by atoms with E-state index >= 15 is 0 Å². The van der Waals surface area contributed by atoms with Crippen LogP contribution in [0, 0.1) is 24.7 Å². The standard InChI is InChI=1S/C27H39NO4/c1-20-3-2-4-21(15-20)17-24(29)5-6-25-26-18-22(16-23(26)19-27(25)30)7-11-31-12-8-28-9-13-32-14-10-28/h2-6,15-16,23-27,29-30H,7-14,17-19H2,1H3/t23-,24-,25+,26-,27+/m0/s1. The van der Waals surface area contributed by atoms with Crippen molar-refractivity contribution in [1.82, 2.24) is 4.90 Å². The van der Waals surface area contributed by atoms with Gasteiger partial charge < -0.3 is 19.7 Å². The predicted octanol–water partition coefficient (Wildman–Crippen LogP) is 3.14. The number of benzene rings is 1. The number of hydrogen-bond acceptors (Lipinski definition) is 5. The molecule has 5 heteroatoms. The summed E-state index contributed by atoms with van der Waals surface area (Å²) >= 11 is 0. The fraction of sp³-hybridized carbons (Fsp3) is 0.630. The molecule has 1 saturated carbocycles. The Morgan fingerprint density at radius 2 is 2.09 bits per heavy atom. The lowest BCUT2D eigenvalue weighted by Gasteiger charge is -2.26. The Kier molecular flexibility index (Phi) is 8.55. The van der Waals surface area contributed by atoms with Gasteiger partial charge in [0.1, 0.15) is 0 Å². The smallest absolute Gasteiger partial charge is 0.0761 e. The molecule has 5 atom stereocenters. The molecule has 2 N–H and O–H groups in total. The van der Waals surface area contributed by atoms with Crippen LogP contribution in [0.25, 0.3) is 0 Å². The number of morpholine rings is 1. The number of aliphatic hydroxyl groups excluding tert-OH is 2. The van der Waals surface area contributed by atoms with Crippen molar-refractivity contribution in [3.05, 3.63) is 59.2 Å². The second-order valence-electron chi connectivity index (χ2n) is 9.70. The molecule has 0 spiro atoms. The molecule has 176 valence electrons. The van der Waals surface area contributed by atoms with Gasteiger partial charge in [-0.05, 0) is 43.6 Å². The van der Waals surface area contributed by atoms with E-state index in [1.54, 1.807) is 0 Å². The number of fused-ring (bicyclic) bond motifs is 1. The van der Waals surface area contributed by atoms with Gasteiger partial charge in [-0.3, -0.25) is 4.90 Å². The molecule has 1 saturated heterocycles. The Hall–Kier alpha value is -1.50. The summed E-state index contributed by atoms with van der Waals surface area (Å²) in [5, 5.41) is 21.1. The van der Waals surface area contributed by atoms with Gasteiger partial charge in [-0.2, -0.15) is 0 Å². The number of ether oxygens (including phenoxy) is 2. The van der Waals surface area contributed by atoms with Gasteiger partial charge in [0.15, 0.2) is 0 Å². The predicted molar refractivity (Wildman–Crippen MR) is 127 cm³/mol. The molecular weight excluding hydrogens is 402 g/mol. The van der Waals surface area contributed by atoms with Gasteiger partial charge in [0, 0.05) is 32.0 Å². The first-order chi connectivity index (χ1) is 15.6. The third-order valence-electron chi connectivity index (χ3n) is 7.26. The van der Waals surface area contributed by atoms with E-state index in [2.05, 4.69) is 42.2 Å². The van der Waals surface area contributed by atoms with Crippen molar-refractivity contribution < 1.29 is 19.7 Å². The molecular formula is C27H39NO4. The second kappa shape index (κ2) is 11.6. The minimum absolute atomic E-state index is 0.128. The zero-order chi connectivity index (χ0) is 22.3. The lowest BCUT2D eigenvalue weighted by molar-refractivity contribution is 0.0207. The Balaban J connectivity index is 1.19. The number of rotatable bonds is 10. The number of aliphatic hydroxyl groups is 2. The first-order valence-corrected chi connectivity index (χ1v) is 12.3. The summed E-state index contributed by atoms with van der Waals surface area (Å²) in [7, 11) is 0. The fourth-order valence-corrected chi connectivity index (χ4v) is 5.52. The molecule has 0 aromatic heterocycles. The van der Waals surface area contributed by atoms with E-state index in [0.717, 1.165) is 70.9 Å². The third kappa shape index (κ3) is 6.52. The summed E-state index contributed by atoms with van der Waals surface area (Å²) in [5.74, 6) is 1.04. The van der Waals surface area contributed by atoms with Crippen molar-refractivity contribution in [1.29, 1.82) is 0 Å². The van der Waals surface area contributed by atoms with E-state index in [1.807, 2.05) is 12.1 Å². The van der Waals surface area contributed by atoms with Crippen molar-refractivity contribution >= 4 is 0 Å². The van der Waals surface area contributed by atoms with Crippen LogP contribution in [0.3, 0.4) is 0 Å². The van der Waals surface area contributed by atoms with E-state index in [1.165, 1.54) is 11.1 Å². The van der Waals surface area contributed by atoms with Crippen LogP contribution < -0.4 is 0 Å². The highest BCUT2D eigenvalue weighted by Gasteiger charge is 2.43. The lowest BCUT2D eigenvalue weighted by atomic mass is 9.88. The van der Waals surface area contributed by atoms with Crippen LogP contribution in [-0.4, -0.2) is 73.4 Å². The zero-order valence-corrected chi connectivity index (χ0v) is 19.4. The molecule has 1 heterocycles. The largest absolute Gasteiger partial charge is 0.392 e. The minimum atomic E-state index is -0.517. The quantitative estimate of drug-likeness (QED) is 0.432. The maximum Gasteiger partial charge on any atom is 0.0761 e. The maximum absolute atomic E-state index is 10.6. The molecule has 0 unspecified atom stereocenters. The summed E-state index contributed by atoms with van der Waals surface area (Å²) in [5.41, 5.74) is 3.82. The minimum Gasteiger partial charge on any atom is -0.392 e. The Morgan fingerprint density at radius 3 is 2.91 bits per heavy atom. The second-order valence-corrected chi connectivity index (χ2v) is 9.70. The molecule has 0 bridgehead atoms. The average Bonchev–Trinajstić information content (AvgIpc) is 3.29. The van der Waals surface area contributed by atoms with Crippen LogP contribution in [0.5, 0.6) is 0 Å². The van der Waals surface area contributed by atoms with Gasteiger partial charge in [0.25, 0.3) is 0 Å². The number of nitrogens with zero attached hydrogens (tertiary/aromatic N) is 1. The Labute approximate surface area is 192 Å². The van der Waals surface area contributed by atoms with Crippen molar-refractivity contribution in [3.63, 3.8) is 0 Å². The van der Waals surface area contributed by atoms with Crippen molar-refractivity contribution in [2.75, 3.05) is 46.1 Å². The molecule has 2 fully saturated rings. The number of allylic oxidation sites excluding steroid dienone is 1. The normalized spacial score (nSPS) is 29.4. The van der Waals surface area contributed by atoms with Crippen LogP contribution in [0.4, 0.5) is 0 Å². The van der Waals surface area contributed by atoms with E-state index in [0.29, 0.717) is 18.3 Å². The Bertz CT molecular complexity index is 786. The molecule has 4 rings (SSSR count). The fourth-order valence-electron chi connectivity index (χ4n) is 5.52. The lowest BCUT2D eigenvalue weighted by Crippen LogP contribution is -2.38. The Morgan fingerprint density at radius 1 is 1.25 bits per heavy atom. The van der Waals surface area contributed by atoms with Gasteiger partial charge in [0.2, 0.25) is 0 Å². The van der Waals surface area contributed by atoms with Crippen molar-refractivity contribution in [3.8, 4) is 0 Å². The van der Waals surface area contributed by atoms with Crippen LogP contribution in [-0.2, 0) is 15.9 Å². The highest BCUT2D eigenvalue weighted by molar-refractivity contribution is 5.24. The van der Waals surface area contributed by atoms with Crippen LogP contribution in [0.1, 0.15) is 30.4 Å². The van der Waals surface area contributed by atoms with Crippen LogP contribution >= 0.6 is 0 Å². The summed E-state index contributed by atoms with van der Waals surface area (Å²) in [6, 6.07) is 8.28. The molecule has 1 aliphatic heterocycles.